The van der Waals surface area contributed by atoms with Crippen molar-refractivity contribution >= 4 is 52.4 Å². The fourth-order valence-electron chi connectivity index (χ4n) is 2.74. The number of furan rings is 1. The maximum Gasteiger partial charge on any atom is 0.268 e. The van der Waals surface area contributed by atoms with Crippen LogP contribution in [0.3, 0.4) is 0 Å². The monoisotopic (exact) mass is 439 g/mol. The third-order valence-corrected chi connectivity index (χ3v) is 5.67. The van der Waals surface area contributed by atoms with E-state index in [-0.39, 0.29) is 36.6 Å². The molecule has 3 rings (SSSR count). The van der Waals surface area contributed by atoms with Crippen molar-refractivity contribution in [1.82, 2.24) is 4.90 Å². The number of benzene rings is 1. The molecule has 2 aromatic rings. The first-order chi connectivity index (χ1) is 13.4. The summed E-state index contributed by atoms with van der Waals surface area (Å²) in [5.41, 5.74) is 0.770. The second-order valence-corrected chi connectivity index (χ2v) is 8.21. The number of imide groups is 1. The van der Waals surface area contributed by atoms with Crippen LogP contribution in [0.1, 0.15) is 25.2 Å². The molecule has 0 radical (unpaired) electrons. The number of halogens is 2. The summed E-state index contributed by atoms with van der Waals surface area (Å²) in [6.07, 6.45) is 1.58. The minimum Gasteiger partial charge on any atom is -0.468 e. The molecule has 1 aromatic carbocycles. The van der Waals surface area contributed by atoms with Gasteiger partial charge in [0.15, 0.2) is 0 Å². The molecule has 0 bridgehead atoms. The smallest absolute Gasteiger partial charge is 0.268 e. The Bertz CT molecular complexity index is 909. The highest BCUT2D eigenvalue weighted by atomic mass is 35.5. The first-order valence-electron chi connectivity index (χ1n) is 8.71. The van der Waals surface area contributed by atoms with Gasteiger partial charge in [-0.2, -0.15) is 0 Å². The standard InChI is InChI=1S/C20H19Cl2NO4S/c1-12(2)26-9-7-23-19(24)17(15-6-5-13(21)10-16(15)22)18(20(23)25)28-11-14-4-3-8-27-14/h3-6,8,10,12H,7,9,11H2,1-2H3. The highest BCUT2D eigenvalue weighted by Crippen LogP contribution is 2.40. The predicted molar refractivity (Wildman–Crippen MR) is 111 cm³/mol. The van der Waals surface area contributed by atoms with E-state index in [0.717, 1.165) is 0 Å². The van der Waals surface area contributed by atoms with Crippen LogP contribution in [0.4, 0.5) is 0 Å². The number of amides is 2. The molecule has 0 unspecified atom stereocenters. The molecule has 2 heterocycles. The lowest BCUT2D eigenvalue weighted by molar-refractivity contribution is -0.137. The topological polar surface area (TPSA) is 59.8 Å². The van der Waals surface area contributed by atoms with Crippen molar-refractivity contribution in [3.05, 3.63) is 62.9 Å². The largest absolute Gasteiger partial charge is 0.468 e. The van der Waals surface area contributed by atoms with Crippen molar-refractivity contribution < 1.29 is 18.7 Å². The Balaban J connectivity index is 1.92. The Morgan fingerprint density at radius 1 is 1.18 bits per heavy atom. The van der Waals surface area contributed by atoms with E-state index in [4.69, 9.17) is 32.4 Å². The highest BCUT2D eigenvalue weighted by molar-refractivity contribution is 8.03. The quantitative estimate of drug-likeness (QED) is 0.540. The Labute approximate surface area is 177 Å². The van der Waals surface area contributed by atoms with Crippen LogP contribution < -0.4 is 0 Å². The minimum absolute atomic E-state index is 0.0127. The molecule has 1 aliphatic rings. The van der Waals surface area contributed by atoms with Gasteiger partial charge in [-0.05, 0) is 38.1 Å². The van der Waals surface area contributed by atoms with Gasteiger partial charge in [0, 0.05) is 10.6 Å². The average molecular weight is 440 g/mol. The molecular weight excluding hydrogens is 421 g/mol. The van der Waals surface area contributed by atoms with Crippen molar-refractivity contribution in [3.8, 4) is 0 Å². The Kier molecular flexibility index (Phi) is 6.88. The van der Waals surface area contributed by atoms with Crippen LogP contribution in [0, 0.1) is 0 Å². The van der Waals surface area contributed by atoms with Gasteiger partial charge >= 0.3 is 0 Å². The molecule has 148 valence electrons. The predicted octanol–water partition coefficient (Wildman–Crippen LogP) is 5.02. The summed E-state index contributed by atoms with van der Waals surface area (Å²) >= 11 is 13.6. The van der Waals surface area contributed by atoms with Gasteiger partial charge < -0.3 is 9.15 Å². The Hall–Kier alpha value is -1.73. The van der Waals surface area contributed by atoms with E-state index in [1.807, 2.05) is 19.9 Å². The summed E-state index contributed by atoms with van der Waals surface area (Å²) in [6.45, 7) is 4.24. The molecule has 28 heavy (non-hydrogen) atoms. The van der Waals surface area contributed by atoms with E-state index in [2.05, 4.69) is 0 Å². The summed E-state index contributed by atoms with van der Waals surface area (Å²) in [7, 11) is 0. The van der Waals surface area contributed by atoms with Gasteiger partial charge in [0.1, 0.15) is 5.76 Å². The summed E-state index contributed by atoms with van der Waals surface area (Å²) < 4.78 is 10.8. The van der Waals surface area contributed by atoms with Crippen LogP contribution in [-0.2, 0) is 20.1 Å². The maximum atomic E-state index is 13.1. The molecule has 8 heteroatoms. The zero-order valence-electron chi connectivity index (χ0n) is 15.4. The molecule has 0 saturated heterocycles. The minimum atomic E-state index is -0.386. The lowest BCUT2D eigenvalue weighted by Gasteiger charge is -2.16. The van der Waals surface area contributed by atoms with Gasteiger partial charge in [0.25, 0.3) is 11.8 Å². The van der Waals surface area contributed by atoms with E-state index in [1.54, 1.807) is 30.5 Å². The van der Waals surface area contributed by atoms with Gasteiger partial charge in [-0.15, -0.1) is 11.8 Å². The number of nitrogens with zero attached hydrogens (tertiary/aromatic N) is 1. The van der Waals surface area contributed by atoms with Crippen molar-refractivity contribution in [2.75, 3.05) is 13.2 Å². The zero-order chi connectivity index (χ0) is 20.3. The van der Waals surface area contributed by atoms with Crippen molar-refractivity contribution in [2.24, 2.45) is 0 Å². The molecule has 0 aliphatic carbocycles. The van der Waals surface area contributed by atoms with E-state index in [0.29, 0.717) is 32.0 Å². The molecule has 1 aliphatic heterocycles. The summed E-state index contributed by atoms with van der Waals surface area (Å²) in [4.78, 5) is 27.6. The second-order valence-electron chi connectivity index (χ2n) is 6.38. The fourth-order valence-corrected chi connectivity index (χ4v) is 4.27. The van der Waals surface area contributed by atoms with Gasteiger partial charge in [-0.3, -0.25) is 14.5 Å². The summed E-state index contributed by atoms with van der Waals surface area (Å²) in [5, 5.41) is 0.776. The van der Waals surface area contributed by atoms with E-state index < -0.39 is 0 Å². The van der Waals surface area contributed by atoms with Crippen LogP contribution >= 0.6 is 35.0 Å². The molecule has 1 aromatic heterocycles. The van der Waals surface area contributed by atoms with Crippen molar-refractivity contribution in [2.45, 2.75) is 25.7 Å². The maximum absolute atomic E-state index is 13.1. The SMILES string of the molecule is CC(C)OCCN1C(=O)C(SCc2ccco2)=C(c2ccc(Cl)cc2Cl)C1=O. The third kappa shape index (κ3) is 4.63. The normalized spacial score (nSPS) is 14.7. The molecule has 0 atom stereocenters. The zero-order valence-corrected chi connectivity index (χ0v) is 17.7. The number of carbonyl (C=O) groups is 2. The number of hydrogen-bond donors (Lipinski definition) is 0. The molecule has 0 N–H and O–H groups in total. The van der Waals surface area contributed by atoms with Gasteiger partial charge in [0.05, 0.1) is 46.8 Å². The molecule has 2 amide bonds. The van der Waals surface area contributed by atoms with Crippen LogP contribution in [0.25, 0.3) is 5.57 Å². The lowest BCUT2D eigenvalue weighted by atomic mass is 10.1. The Morgan fingerprint density at radius 3 is 2.61 bits per heavy atom. The van der Waals surface area contributed by atoms with Crippen LogP contribution in [0.15, 0.2) is 45.9 Å². The molecule has 0 fully saturated rings. The number of rotatable bonds is 8. The lowest BCUT2D eigenvalue weighted by Crippen LogP contribution is -2.35. The molecule has 0 saturated carbocycles. The summed E-state index contributed by atoms with van der Waals surface area (Å²) in [6, 6.07) is 8.46. The number of ether oxygens (including phenoxy) is 1. The molecule has 0 spiro atoms. The van der Waals surface area contributed by atoms with E-state index >= 15 is 0 Å². The second kappa shape index (κ2) is 9.18. The molecule has 5 nitrogen and oxygen atoms in total. The number of thioether (sulfide) groups is 1. The van der Waals surface area contributed by atoms with Crippen molar-refractivity contribution in [3.63, 3.8) is 0 Å². The van der Waals surface area contributed by atoms with Crippen LogP contribution in [0.2, 0.25) is 10.0 Å². The van der Waals surface area contributed by atoms with Gasteiger partial charge in [0.2, 0.25) is 0 Å². The van der Waals surface area contributed by atoms with Crippen molar-refractivity contribution in [1.29, 1.82) is 0 Å². The van der Waals surface area contributed by atoms with E-state index in [9.17, 15) is 9.59 Å². The molecular formula is C20H19Cl2NO4S. The van der Waals surface area contributed by atoms with Gasteiger partial charge in [-0.1, -0.05) is 29.3 Å². The average Bonchev–Trinajstić information content (AvgIpc) is 3.22. The highest BCUT2D eigenvalue weighted by Gasteiger charge is 2.39. The number of hydrogen-bond acceptors (Lipinski definition) is 5. The summed E-state index contributed by atoms with van der Waals surface area (Å²) in [5.74, 6) is 0.395. The first kappa shape index (κ1) is 21.0. The first-order valence-corrected chi connectivity index (χ1v) is 10.4. The third-order valence-electron chi connectivity index (χ3n) is 4.03. The number of carbonyl (C=O) groups excluding carboxylic acids is 2. The van der Waals surface area contributed by atoms with Crippen LogP contribution in [-0.4, -0.2) is 36.0 Å². The Morgan fingerprint density at radius 2 is 1.96 bits per heavy atom. The fraction of sp³-hybridized carbons (Fsp3) is 0.300. The van der Waals surface area contributed by atoms with Gasteiger partial charge in [-0.25, -0.2) is 0 Å². The van der Waals surface area contributed by atoms with E-state index in [1.165, 1.54) is 16.7 Å². The van der Waals surface area contributed by atoms with Crippen LogP contribution in [0.5, 0.6) is 0 Å².